The number of rotatable bonds is 1. The summed E-state index contributed by atoms with van der Waals surface area (Å²) < 4.78 is 10.8. The molecule has 86 valence electrons. The molecule has 2 N–H and O–H groups in total. The van der Waals surface area contributed by atoms with Crippen LogP contribution in [-0.2, 0) is 0 Å². The van der Waals surface area contributed by atoms with Gasteiger partial charge in [0, 0.05) is 5.56 Å². The number of hydrogen-bond acceptors (Lipinski definition) is 4. The van der Waals surface area contributed by atoms with Crippen molar-refractivity contribution in [3.8, 4) is 17.2 Å². The normalized spacial score (nSPS) is 20.0. The lowest BCUT2D eigenvalue weighted by atomic mass is 9.88. The molecule has 0 aromatic heterocycles. The minimum Gasteiger partial charge on any atom is -0.508 e. The van der Waals surface area contributed by atoms with Crippen LogP contribution < -0.4 is 14.8 Å². The zero-order chi connectivity index (χ0) is 11.0. The second-order valence-corrected chi connectivity index (χ2v) is 4.26. The summed E-state index contributed by atoms with van der Waals surface area (Å²) in [6.07, 6.45) is 2.07. The van der Waals surface area contributed by atoms with Crippen LogP contribution in [0.25, 0.3) is 0 Å². The fourth-order valence-corrected chi connectivity index (χ4v) is 2.49. The summed E-state index contributed by atoms with van der Waals surface area (Å²) in [4.78, 5) is 0. The van der Waals surface area contributed by atoms with E-state index in [0.29, 0.717) is 11.7 Å². The quantitative estimate of drug-likeness (QED) is 0.756. The summed E-state index contributed by atoms with van der Waals surface area (Å²) in [7, 11) is 0. The number of aromatic hydroxyl groups is 1. The Labute approximate surface area is 94.2 Å². The average Bonchev–Trinajstić information content (AvgIpc) is 2.78. The number of fused-ring (bicyclic) bond motifs is 1. The third kappa shape index (κ3) is 1.50. The van der Waals surface area contributed by atoms with Crippen molar-refractivity contribution >= 4 is 0 Å². The zero-order valence-electron chi connectivity index (χ0n) is 9.03. The number of hydrogen-bond donors (Lipinski definition) is 2. The first-order chi connectivity index (χ1) is 7.86. The van der Waals surface area contributed by atoms with E-state index >= 15 is 0 Å². The summed E-state index contributed by atoms with van der Waals surface area (Å²) in [5.74, 6) is 2.20. The lowest BCUT2D eigenvalue weighted by Gasteiger charge is -2.24. The van der Waals surface area contributed by atoms with Gasteiger partial charge in [0.1, 0.15) is 5.75 Å². The van der Waals surface area contributed by atoms with Gasteiger partial charge in [-0.1, -0.05) is 0 Å². The van der Waals surface area contributed by atoms with Crippen molar-refractivity contribution in [1.29, 1.82) is 0 Å². The molecule has 0 atom stereocenters. The van der Waals surface area contributed by atoms with Crippen molar-refractivity contribution < 1.29 is 14.6 Å². The predicted octanol–water partition coefficient (Wildman–Crippen LogP) is 1.59. The molecule has 0 amide bonds. The molecule has 0 spiro atoms. The number of phenols is 1. The Morgan fingerprint density at radius 1 is 1.19 bits per heavy atom. The van der Waals surface area contributed by atoms with Gasteiger partial charge in [0.2, 0.25) is 6.79 Å². The van der Waals surface area contributed by atoms with Crippen molar-refractivity contribution in [2.24, 2.45) is 0 Å². The number of piperidine rings is 1. The molecule has 0 unspecified atom stereocenters. The Balaban J connectivity index is 2.01. The molecule has 4 heteroatoms. The Morgan fingerprint density at radius 2 is 2.00 bits per heavy atom. The van der Waals surface area contributed by atoms with E-state index in [4.69, 9.17) is 9.47 Å². The van der Waals surface area contributed by atoms with Gasteiger partial charge in [0.05, 0.1) is 0 Å². The van der Waals surface area contributed by atoms with Crippen LogP contribution in [0.1, 0.15) is 24.3 Å². The summed E-state index contributed by atoms with van der Waals surface area (Å²) in [5, 5.41) is 13.3. The molecular formula is C12H15NO3. The van der Waals surface area contributed by atoms with E-state index in [2.05, 4.69) is 5.32 Å². The van der Waals surface area contributed by atoms with Crippen LogP contribution in [0.15, 0.2) is 12.1 Å². The topological polar surface area (TPSA) is 50.7 Å². The zero-order valence-corrected chi connectivity index (χ0v) is 9.03. The highest BCUT2D eigenvalue weighted by Gasteiger charge is 2.27. The van der Waals surface area contributed by atoms with E-state index in [1.165, 1.54) is 0 Å². The second-order valence-electron chi connectivity index (χ2n) is 4.26. The summed E-state index contributed by atoms with van der Waals surface area (Å²) in [6.45, 7) is 2.25. The third-order valence-electron chi connectivity index (χ3n) is 3.30. The smallest absolute Gasteiger partial charge is 0.231 e. The highest BCUT2D eigenvalue weighted by Crippen LogP contribution is 2.46. The van der Waals surface area contributed by atoms with Crippen molar-refractivity contribution in [3.63, 3.8) is 0 Å². The lowest BCUT2D eigenvalue weighted by molar-refractivity contribution is 0.172. The first kappa shape index (κ1) is 9.78. The molecule has 0 radical (unpaired) electrons. The van der Waals surface area contributed by atoms with Crippen molar-refractivity contribution in [1.82, 2.24) is 5.32 Å². The van der Waals surface area contributed by atoms with Crippen LogP contribution in [0, 0.1) is 0 Å². The molecule has 1 aromatic rings. The number of ether oxygens (including phenoxy) is 2. The van der Waals surface area contributed by atoms with Gasteiger partial charge in [0.15, 0.2) is 11.5 Å². The van der Waals surface area contributed by atoms with E-state index in [1.807, 2.05) is 0 Å². The molecular weight excluding hydrogens is 206 g/mol. The Hall–Kier alpha value is -1.42. The van der Waals surface area contributed by atoms with Crippen molar-refractivity contribution in [2.75, 3.05) is 19.9 Å². The highest BCUT2D eigenvalue weighted by molar-refractivity contribution is 5.56. The minimum absolute atomic E-state index is 0.261. The molecule has 0 saturated carbocycles. The number of phenolic OH excluding ortho intramolecular Hbond substituents is 1. The predicted molar refractivity (Wildman–Crippen MR) is 59.1 cm³/mol. The molecule has 0 bridgehead atoms. The summed E-state index contributed by atoms with van der Waals surface area (Å²) in [5.41, 5.74) is 0.927. The summed E-state index contributed by atoms with van der Waals surface area (Å²) >= 11 is 0. The molecule has 4 nitrogen and oxygen atoms in total. The Morgan fingerprint density at radius 3 is 2.81 bits per heavy atom. The van der Waals surface area contributed by atoms with E-state index in [9.17, 15) is 5.11 Å². The van der Waals surface area contributed by atoms with Crippen LogP contribution in [0.2, 0.25) is 0 Å². The van der Waals surface area contributed by atoms with Crippen LogP contribution in [0.3, 0.4) is 0 Å². The van der Waals surface area contributed by atoms with E-state index < -0.39 is 0 Å². The standard InChI is InChI=1S/C12H15NO3/c14-9-1-2-10-12(16-7-15-10)11(9)8-3-5-13-6-4-8/h1-2,8,13-14H,3-7H2. The minimum atomic E-state index is 0.261. The lowest BCUT2D eigenvalue weighted by Crippen LogP contribution is -2.26. The maximum Gasteiger partial charge on any atom is 0.231 e. The molecule has 2 aliphatic rings. The van der Waals surface area contributed by atoms with Gasteiger partial charge in [-0.05, 0) is 44.0 Å². The molecule has 0 aliphatic carbocycles. The molecule has 1 fully saturated rings. The van der Waals surface area contributed by atoms with Gasteiger partial charge in [-0.25, -0.2) is 0 Å². The first-order valence-electron chi connectivity index (χ1n) is 5.68. The van der Waals surface area contributed by atoms with Gasteiger partial charge in [-0.15, -0.1) is 0 Å². The van der Waals surface area contributed by atoms with E-state index in [0.717, 1.165) is 43.0 Å². The SMILES string of the molecule is Oc1ccc2c(c1C1CCNCC1)OCO2. The highest BCUT2D eigenvalue weighted by atomic mass is 16.7. The average molecular weight is 221 g/mol. The monoisotopic (exact) mass is 221 g/mol. The maximum absolute atomic E-state index is 9.97. The first-order valence-corrected chi connectivity index (χ1v) is 5.68. The fourth-order valence-electron chi connectivity index (χ4n) is 2.49. The van der Waals surface area contributed by atoms with Gasteiger partial charge in [-0.3, -0.25) is 0 Å². The fraction of sp³-hybridized carbons (Fsp3) is 0.500. The third-order valence-corrected chi connectivity index (χ3v) is 3.30. The second kappa shape index (κ2) is 3.87. The number of benzene rings is 1. The van der Waals surface area contributed by atoms with Crippen LogP contribution in [0.4, 0.5) is 0 Å². The van der Waals surface area contributed by atoms with Crippen molar-refractivity contribution in [3.05, 3.63) is 17.7 Å². The Bertz CT molecular complexity index is 399. The molecule has 1 aromatic carbocycles. The van der Waals surface area contributed by atoms with E-state index in [-0.39, 0.29) is 6.79 Å². The molecule has 2 aliphatic heterocycles. The van der Waals surface area contributed by atoms with Crippen LogP contribution in [-0.4, -0.2) is 25.0 Å². The van der Waals surface area contributed by atoms with Gasteiger partial charge < -0.3 is 19.9 Å². The molecule has 2 heterocycles. The summed E-state index contributed by atoms with van der Waals surface area (Å²) in [6, 6.07) is 3.47. The van der Waals surface area contributed by atoms with Crippen LogP contribution in [0.5, 0.6) is 17.2 Å². The van der Waals surface area contributed by atoms with Gasteiger partial charge >= 0.3 is 0 Å². The molecule has 16 heavy (non-hydrogen) atoms. The Kier molecular flexibility index (Phi) is 2.36. The molecule has 3 rings (SSSR count). The number of nitrogens with one attached hydrogen (secondary N) is 1. The van der Waals surface area contributed by atoms with Crippen molar-refractivity contribution in [2.45, 2.75) is 18.8 Å². The van der Waals surface area contributed by atoms with Gasteiger partial charge in [-0.2, -0.15) is 0 Å². The van der Waals surface area contributed by atoms with Gasteiger partial charge in [0.25, 0.3) is 0 Å². The van der Waals surface area contributed by atoms with Crippen LogP contribution >= 0.6 is 0 Å². The maximum atomic E-state index is 9.97. The van der Waals surface area contributed by atoms with E-state index in [1.54, 1.807) is 12.1 Å². The molecule has 1 saturated heterocycles. The largest absolute Gasteiger partial charge is 0.508 e.